The maximum Gasteiger partial charge on any atom is 0.231 e. The van der Waals surface area contributed by atoms with Crippen molar-refractivity contribution in [1.82, 2.24) is 15.0 Å². The molecule has 1 fully saturated rings. The first-order valence-electron chi connectivity index (χ1n) is 10.8. The van der Waals surface area contributed by atoms with Crippen LogP contribution >= 0.6 is 0 Å². The Morgan fingerprint density at radius 2 is 1.55 bits per heavy atom. The summed E-state index contributed by atoms with van der Waals surface area (Å²) in [5.74, 6) is 1.39. The third-order valence-corrected chi connectivity index (χ3v) is 4.79. The molecule has 0 bridgehead atoms. The van der Waals surface area contributed by atoms with Crippen LogP contribution in [0.4, 0.5) is 22.2 Å². The highest BCUT2D eigenvalue weighted by Gasteiger charge is 2.16. The van der Waals surface area contributed by atoms with Gasteiger partial charge in [0.25, 0.3) is 0 Å². The number of piperidine rings is 1. The zero-order valence-electron chi connectivity index (χ0n) is 17.9. The molecule has 0 aliphatic carbocycles. The fraction of sp³-hybridized carbons (Fsp3) is 0.571. The van der Waals surface area contributed by atoms with E-state index >= 15 is 0 Å². The molecule has 31 heavy (non-hydrogen) atoms. The summed E-state index contributed by atoms with van der Waals surface area (Å²) in [5.41, 5.74) is 6.32. The predicted molar refractivity (Wildman–Crippen MR) is 119 cm³/mol. The normalized spacial score (nSPS) is 13.9. The molecule has 2 aromatic rings. The predicted octanol–water partition coefficient (Wildman–Crippen LogP) is 2.02. The van der Waals surface area contributed by atoms with Crippen LogP contribution in [0.5, 0.6) is 0 Å². The molecule has 1 aromatic carbocycles. The number of aromatic nitrogens is 3. The van der Waals surface area contributed by atoms with Gasteiger partial charge < -0.3 is 30.7 Å². The number of nitrogens with one attached hydrogen (secondary N) is 2. The number of hydrogen-bond acceptors (Lipinski definition) is 9. The van der Waals surface area contributed by atoms with Crippen molar-refractivity contribution < 1.29 is 13.9 Å². The van der Waals surface area contributed by atoms with Gasteiger partial charge in [0, 0.05) is 32.7 Å². The van der Waals surface area contributed by atoms with Crippen LogP contribution in [0.25, 0.3) is 0 Å². The second-order valence-corrected chi connectivity index (χ2v) is 7.25. The highest BCUT2D eigenvalue weighted by molar-refractivity contribution is 5.44. The fourth-order valence-electron chi connectivity index (χ4n) is 3.18. The Bertz CT molecular complexity index is 773. The Labute approximate surface area is 182 Å². The first-order chi connectivity index (χ1) is 15.2. The Balaban J connectivity index is 1.56. The zero-order valence-corrected chi connectivity index (χ0v) is 17.9. The van der Waals surface area contributed by atoms with Gasteiger partial charge in [0.05, 0.1) is 26.4 Å². The molecular formula is C21H32FN7O2. The highest BCUT2D eigenvalue weighted by Crippen LogP contribution is 2.19. The smallest absolute Gasteiger partial charge is 0.231 e. The number of anilines is 3. The van der Waals surface area contributed by atoms with Crippen molar-refractivity contribution >= 4 is 17.8 Å². The second kappa shape index (κ2) is 13.0. The maximum atomic E-state index is 13.1. The number of rotatable bonds is 13. The average molecular weight is 434 g/mol. The van der Waals surface area contributed by atoms with Gasteiger partial charge in [-0.2, -0.15) is 15.0 Å². The molecule has 1 aromatic heterocycles. The molecule has 1 saturated heterocycles. The van der Waals surface area contributed by atoms with E-state index in [9.17, 15) is 4.39 Å². The molecule has 1 aliphatic heterocycles. The third-order valence-electron chi connectivity index (χ3n) is 4.79. The largest absolute Gasteiger partial charge is 0.378 e. The summed E-state index contributed by atoms with van der Waals surface area (Å²) in [6.07, 6.45) is 3.49. The molecule has 3 rings (SSSR count). The average Bonchev–Trinajstić information content (AvgIpc) is 2.81. The Morgan fingerprint density at radius 1 is 0.871 bits per heavy atom. The molecule has 4 N–H and O–H groups in total. The van der Waals surface area contributed by atoms with Gasteiger partial charge in [-0.05, 0) is 37.0 Å². The summed E-state index contributed by atoms with van der Waals surface area (Å²) < 4.78 is 23.9. The lowest BCUT2D eigenvalue weighted by molar-refractivity contribution is 0.0547. The van der Waals surface area contributed by atoms with Crippen LogP contribution in [0.3, 0.4) is 0 Å². The summed E-state index contributed by atoms with van der Waals surface area (Å²) in [6, 6.07) is 6.36. The van der Waals surface area contributed by atoms with E-state index in [-0.39, 0.29) is 5.82 Å². The number of hydrogen-bond donors (Lipinski definition) is 3. The van der Waals surface area contributed by atoms with Crippen LogP contribution in [0.1, 0.15) is 24.8 Å². The van der Waals surface area contributed by atoms with Crippen molar-refractivity contribution in [3.8, 4) is 0 Å². The van der Waals surface area contributed by atoms with Gasteiger partial charge in [-0.1, -0.05) is 12.1 Å². The number of halogens is 1. The lowest BCUT2D eigenvalue weighted by Crippen LogP contribution is -2.31. The molecule has 10 heteroatoms. The Hall–Kier alpha value is -2.56. The van der Waals surface area contributed by atoms with Gasteiger partial charge in [0.2, 0.25) is 17.8 Å². The zero-order chi connectivity index (χ0) is 21.7. The van der Waals surface area contributed by atoms with Crippen molar-refractivity contribution in [3.63, 3.8) is 0 Å². The lowest BCUT2D eigenvalue weighted by atomic mass is 10.1. The van der Waals surface area contributed by atoms with Crippen LogP contribution in [0.2, 0.25) is 0 Å². The Morgan fingerprint density at radius 3 is 2.26 bits per heavy atom. The van der Waals surface area contributed by atoms with Gasteiger partial charge in [-0.3, -0.25) is 0 Å². The van der Waals surface area contributed by atoms with E-state index < -0.39 is 0 Å². The van der Waals surface area contributed by atoms with Crippen molar-refractivity contribution in [1.29, 1.82) is 0 Å². The standard InChI is InChI=1S/C21H32FN7O2/c22-18-6-4-17(5-7-18)16-25-20-26-19(24-9-13-31-15-14-30-12-8-23)27-21(28-20)29-10-2-1-3-11-29/h4-7H,1-3,8-16,23H2,(H2,24,25,26,27,28). The maximum absolute atomic E-state index is 13.1. The summed E-state index contributed by atoms with van der Waals surface area (Å²) in [4.78, 5) is 15.9. The monoisotopic (exact) mass is 433 g/mol. The number of benzene rings is 1. The van der Waals surface area contributed by atoms with Crippen LogP contribution in [0, 0.1) is 5.82 Å². The molecule has 0 atom stereocenters. The SMILES string of the molecule is NCCOCCOCCNc1nc(NCc2ccc(F)cc2)nc(N2CCCCC2)n1. The summed E-state index contributed by atoms with van der Waals surface area (Å²) in [6.45, 7) is 5.54. The molecule has 0 saturated carbocycles. The van der Waals surface area contributed by atoms with Crippen molar-refractivity contribution in [3.05, 3.63) is 35.6 Å². The molecule has 0 unspecified atom stereocenters. The molecule has 170 valence electrons. The quantitative estimate of drug-likeness (QED) is 0.409. The van der Waals surface area contributed by atoms with Crippen LogP contribution in [0.15, 0.2) is 24.3 Å². The summed E-state index contributed by atoms with van der Waals surface area (Å²) in [5, 5.41) is 6.43. The van der Waals surface area contributed by atoms with E-state index in [0.29, 0.717) is 63.9 Å². The minimum atomic E-state index is -0.254. The van der Waals surface area contributed by atoms with Gasteiger partial charge in [0.15, 0.2) is 0 Å². The first-order valence-corrected chi connectivity index (χ1v) is 10.8. The topological polar surface area (TPSA) is 110 Å². The molecule has 0 radical (unpaired) electrons. The van der Waals surface area contributed by atoms with Gasteiger partial charge in [0.1, 0.15) is 5.82 Å². The number of nitrogens with two attached hydrogens (primary N) is 1. The summed E-state index contributed by atoms with van der Waals surface area (Å²) in [7, 11) is 0. The van der Waals surface area contributed by atoms with E-state index in [1.54, 1.807) is 12.1 Å². The van der Waals surface area contributed by atoms with Crippen LogP contribution in [-0.4, -0.2) is 67.6 Å². The third kappa shape index (κ3) is 8.23. The van der Waals surface area contributed by atoms with Gasteiger partial charge in [-0.25, -0.2) is 4.39 Å². The van der Waals surface area contributed by atoms with Crippen molar-refractivity contribution in [2.24, 2.45) is 5.73 Å². The summed E-state index contributed by atoms with van der Waals surface area (Å²) >= 11 is 0. The van der Waals surface area contributed by atoms with E-state index in [1.807, 2.05) is 0 Å². The van der Waals surface area contributed by atoms with E-state index in [2.05, 4.69) is 30.5 Å². The molecule has 1 aliphatic rings. The first kappa shape index (κ1) is 23.1. The van der Waals surface area contributed by atoms with E-state index in [4.69, 9.17) is 15.2 Å². The van der Waals surface area contributed by atoms with Gasteiger partial charge >= 0.3 is 0 Å². The van der Waals surface area contributed by atoms with E-state index in [1.165, 1.54) is 18.6 Å². The van der Waals surface area contributed by atoms with E-state index in [0.717, 1.165) is 31.5 Å². The van der Waals surface area contributed by atoms with Gasteiger partial charge in [-0.15, -0.1) is 0 Å². The minimum Gasteiger partial charge on any atom is -0.378 e. The number of ether oxygens (including phenoxy) is 2. The molecule has 2 heterocycles. The molecule has 0 spiro atoms. The van der Waals surface area contributed by atoms with Crippen LogP contribution < -0.4 is 21.3 Å². The molecular weight excluding hydrogens is 401 g/mol. The van der Waals surface area contributed by atoms with Crippen LogP contribution in [-0.2, 0) is 16.0 Å². The molecule has 0 amide bonds. The molecule has 9 nitrogen and oxygen atoms in total. The minimum absolute atomic E-state index is 0.254. The second-order valence-electron chi connectivity index (χ2n) is 7.25. The van der Waals surface area contributed by atoms with Crippen molar-refractivity contribution in [2.45, 2.75) is 25.8 Å². The lowest BCUT2D eigenvalue weighted by Gasteiger charge is -2.27. The Kier molecular flexibility index (Phi) is 9.68. The van der Waals surface area contributed by atoms with Crippen molar-refractivity contribution in [2.75, 3.05) is 68.1 Å². The number of nitrogens with zero attached hydrogens (tertiary/aromatic N) is 4. The highest BCUT2D eigenvalue weighted by atomic mass is 19.1. The fourth-order valence-corrected chi connectivity index (χ4v) is 3.18.